The molecule has 1 aliphatic carbocycles. The van der Waals surface area contributed by atoms with Crippen LogP contribution in [0.5, 0.6) is 5.75 Å². The van der Waals surface area contributed by atoms with Crippen LogP contribution in [0.4, 0.5) is 0 Å². The standard InChI is InChI=1S/C15H20ClNO2/c1-19-12-7-5-6-11(10-12)15(18)17-14-9-4-2-3-8-13(14)16/h5-7,10,13-14H,2-4,8-9H2,1H3,(H,17,18). The Hall–Kier alpha value is -1.22. The zero-order valence-electron chi connectivity index (χ0n) is 11.2. The van der Waals surface area contributed by atoms with Crippen molar-refractivity contribution in [2.24, 2.45) is 0 Å². The first-order valence-corrected chi connectivity index (χ1v) is 7.23. The highest BCUT2D eigenvalue weighted by atomic mass is 35.5. The molecule has 2 rings (SSSR count). The summed E-state index contributed by atoms with van der Waals surface area (Å²) in [5, 5.41) is 3.09. The molecule has 1 aliphatic rings. The fourth-order valence-electron chi connectivity index (χ4n) is 2.44. The summed E-state index contributed by atoms with van der Waals surface area (Å²) in [5.41, 5.74) is 0.618. The van der Waals surface area contributed by atoms with Crippen molar-refractivity contribution in [2.45, 2.75) is 43.5 Å². The van der Waals surface area contributed by atoms with Crippen LogP contribution in [0.15, 0.2) is 24.3 Å². The van der Waals surface area contributed by atoms with Gasteiger partial charge < -0.3 is 10.1 Å². The lowest BCUT2D eigenvalue weighted by molar-refractivity contribution is 0.0933. The summed E-state index contributed by atoms with van der Waals surface area (Å²) in [6, 6.07) is 7.25. The number of halogens is 1. The molecule has 0 saturated heterocycles. The predicted molar refractivity (Wildman–Crippen MR) is 77.0 cm³/mol. The van der Waals surface area contributed by atoms with Gasteiger partial charge in [-0.25, -0.2) is 0 Å². The highest BCUT2D eigenvalue weighted by Crippen LogP contribution is 2.23. The Morgan fingerprint density at radius 1 is 1.32 bits per heavy atom. The van der Waals surface area contributed by atoms with E-state index in [4.69, 9.17) is 16.3 Å². The maximum atomic E-state index is 12.2. The van der Waals surface area contributed by atoms with E-state index in [1.54, 1.807) is 19.2 Å². The molecular weight excluding hydrogens is 262 g/mol. The van der Waals surface area contributed by atoms with E-state index in [2.05, 4.69) is 5.32 Å². The maximum Gasteiger partial charge on any atom is 0.251 e. The minimum Gasteiger partial charge on any atom is -0.497 e. The fourth-order valence-corrected chi connectivity index (χ4v) is 2.78. The SMILES string of the molecule is COc1cccc(C(=O)NC2CCCCCC2Cl)c1. The topological polar surface area (TPSA) is 38.3 Å². The van der Waals surface area contributed by atoms with Gasteiger partial charge in [0.1, 0.15) is 5.75 Å². The van der Waals surface area contributed by atoms with E-state index >= 15 is 0 Å². The molecule has 0 aromatic heterocycles. The lowest BCUT2D eigenvalue weighted by atomic mass is 10.1. The van der Waals surface area contributed by atoms with Crippen molar-refractivity contribution in [1.29, 1.82) is 0 Å². The zero-order chi connectivity index (χ0) is 13.7. The first-order valence-electron chi connectivity index (χ1n) is 6.79. The average molecular weight is 282 g/mol. The molecule has 0 aliphatic heterocycles. The molecule has 1 N–H and O–H groups in total. The van der Waals surface area contributed by atoms with Gasteiger partial charge in [-0.15, -0.1) is 11.6 Å². The molecule has 0 spiro atoms. The Kier molecular flexibility index (Phi) is 5.08. The predicted octanol–water partition coefficient (Wildman–Crippen LogP) is 3.37. The first-order chi connectivity index (χ1) is 9.20. The van der Waals surface area contributed by atoms with Gasteiger partial charge in [0.05, 0.1) is 12.5 Å². The van der Waals surface area contributed by atoms with Crippen molar-refractivity contribution < 1.29 is 9.53 Å². The number of hydrogen-bond donors (Lipinski definition) is 1. The zero-order valence-corrected chi connectivity index (χ0v) is 12.0. The molecule has 1 aromatic carbocycles. The molecule has 104 valence electrons. The van der Waals surface area contributed by atoms with Gasteiger partial charge in [-0.05, 0) is 31.0 Å². The molecule has 1 amide bonds. The number of methoxy groups -OCH3 is 1. The number of ether oxygens (including phenoxy) is 1. The number of rotatable bonds is 3. The molecule has 0 radical (unpaired) electrons. The molecule has 2 atom stereocenters. The average Bonchev–Trinajstić information content (AvgIpc) is 2.64. The van der Waals surface area contributed by atoms with Crippen molar-refractivity contribution in [3.05, 3.63) is 29.8 Å². The van der Waals surface area contributed by atoms with Crippen LogP contribution in [-0.4, -0.2) is 24.4 Å². The monoisotopic (exact) mass is 281 g/mol. The van der Waals surface area contributed by atoms with Crippen LogP contribution in [0.25, 0.3) is 0 Å². The van der Waals surface area contributed by atoms with E-state index in [0.717, 1.165) is 25.7 Å². The van der Waals surface area contributed by atoms with E-state index < -0.39 is 0 Å². The Labute approximate surface area is 119 Å². The Bertz CT molecular complexity index is 436. The van der Waals surface area contributed by atoms with E-state index in [9.17, 15) is 4.79 Å². The number of nitrogens with one attached hydrogen (secondary N) is 1. The number of benzene rings is 1. The molecule has 3 nitrogen and oxygen atoms in total. The summed E-state index contributed by atoms with van der Waals surface area (Å²) >= 11 is 6.34. The van der Waals surface area contributed by atoms with E-state index in [1.807, 2.05) is 12.1 Å². The number of alkyl halides is 1. The number of amides is 1. The summed E-state index contributed by atoms with van der Waals surface area (Å²) in [6.45, 7) is 0. The largest absolute Gasteiger partial charge is 0.497 e. The van der Waals surface area contributed by atoms with Crippen LogP contribution in [0.1, 0.15) is 42.5 Å². The van der Waals surface area contributed by atoms with Gasteiger partial charge in [0.2, 0.25) is 0 Å². The van der Waals surface area contributed by atoms with Crippen molar-refractivity contribution >= 4 is 17.5 Å². The lowest BCUT2D eigenvalue weighted by Crippen LogP contribution is -2.40. The van der Waals surface area contributed by atoms with Gasteiger partial charge in [0, 0.05) is 11.6 Å². The lowest BCUT2D eigenvalue weighted by Gasteiger charge is -2.21. The van der Waals surface area contributed by atoms with Gasteiger partial charge in [-0.2, -0.15) is 0 Å². The van der Waals surface area contributed by atoms with Crippen molar-refractivity contribution in [3.63, 3.8) is 0 Å². The van der Waals surface area contributed by atoms with Crippen LogP contribution in [-0.2, 0) is 0 Å². The van der Waals surface area contributed by atoms with Crippen molar-refractivity contribution in [3.8, 4) is 5.75 Å². The highest BCUT2D eigenvalue weighted by molar-refractivity contribution is 6.21. The van der Waals surface area contributed by atoms with Crippen LogP contribution < -0.4 is 10.1 Å². The minimum atomic E-state index is -0.0727. The van der Waals surface area contributed by atoms with Crippen LogP contribution in [0, 0.1) is 0 Å². The summed E-state index contributed by atoms with van der Waals surface area (Å²) < 4.78 is 5.13. The van der Waals surface area contributed by atoms with Gasteiger partial charge in [0.25, 0.3) is 5.91 Å². The molecule has 0 heterocycles. The van der Waals surface area contributed by atoms with E-state index in [1.165, 1.54) is 6.42 Å². The second kappa shape index (κ2) is 6.80. The molecular formula is C15H20ClNO2. The molecule has 0 bridgehead atoms. The van der Waals surface area contributed by atoms with Crippen LogP contribution in [0.2, 0.25) is 0 Å². The fraction of sp³-hybridized carbons (Fsp3) is 0.533. The Morgan fingerprint density at radius 2 is 2.11 bits per heavy atom. The van der Waals surface area contributed by atoms with E-state index in [0.29, 0.717) is 11.3 Å². The molecule has 19 heavy (non-hydrogen) atoms. The maximum absolute atomic E-state index is 12.2. The van der Waals surface area contributed by atoms with Crippen LogP contribution >= 0.6 is 11.6 Å². The van der Waals surface area contributed by atoms with Gasteiger partial charge in [-0.1, -0.05) is 25.3 Å². The van der Waals surface area contributed by atoms with Gasteiger partial charge in [-0.3, -0.25) is 4.79 Å². The van der Waals surface area contributed by atoms with Gasteiger partial charge >= 0.3 is 0 Å². The first kappa shape index (κ1) is 14.2. The number of hydrogen-bond acceptors (Lipinski definition) is 2. The summed E-state index contributed by atoms with van der Waals surface area (Å²) in [7, 11) is 1.59. The Balaban J connectivity index is 2.02. The second-order valence-corrected chi connectivity index (χ2v) is 5.53. The van der Waals surface area contributed by atoms with Gasteiger partial charge in [0.15, 0.2) is 0 Å². The second-order valence-electron chi connectivity index (χ2n) is 4.97. The third-order valence-electron chi connectivity index (χ3n) is 3.58. The molecule has 2 unspecified atom stereocenters. The van der Waals surface area contributed by atoms with E-state index in [-0.39, 0.29) is 17.3 Å². The summed E-state index contributed by atoms with van der Waals surface area (Å²) in [6.07, 6.45) is 5.43. The molecule has 4 heteroatoms. The van der Waals surface area contributed by atoms with Crippen LogP contribution in [0.3, 0.4) is 0 Å². The quantitative estimate of drug-likeness (QED) is 0.681. The highest BCUT2D eigenvalue weighted by Gasteiger charge is 2.23. The third kappa shape index (κ3) is 3.87. The summed E-state index contributed by atoms with van der Waals surface area (Å²) in [5.74, 6) is 0.618. The normalized spacial score (nSPS) is 23.5. The molecule has 1 aromatic rings. The van der Waals surface area contributed by atoms with Crippen molar-refractivity contribution in [1.82, 2.24) is 5.32 Å². The molecule has 1 saturated carbocycles. The number of carbonyl (C=O) groups excluding carboxylic acids is 1. The third-order valence-corrected chi connectivity index (χ3v) is 4.10. The molecule has 1 fully saturated rings. The number of carbonyl (C=O) groups is 1. The summed E-state index contributed by atoms with van der Waals surface area (Å²) in [4.78, 5) is 12.2. The van der Waals surface area contributed by atoms with Crippen molar-refractivity contribution in [2.75, 3.05) is 7.11 Å². The smallest absolute Gasteiger partial charge is 0.251 e. The Morgan fingerprint density at radius 3 is 2.89 bits per heavy atom. The minimum absolute atomic E-state index is 0.0389.